The smallest absolute Gasteiger partial charge is 0.270 e. The van der Waals surface area contributed by atoms with Crippen LogP contribution in [-0.2, 0) is 17.9 Å². The van der Waals surface area contributed by atoms with Crippen LogP contribution in [0.5, 0.6) is 0 Å². The second kappa shape index (κ2) is 8.78. The Bertz CT molecular complexity index is 958. The fraction of sp³-hybridized carbons (Fsp3) is 0.500. The van der Waals surface area contributed by atoms with Crippen LogP contribution >= 0.6 is 11.6 Å². The first-order valence-corrected chi connectivity index (χ1v) is 10.9. The van der Waals surface area contributed by atoms with Crippen molar-refractivity contribution in [2.24, 2.45) is 0 Å². The fourth-order valence-electron chi connectivity index (χ4n) is 4.33. The van der Waals surface area contributed by atoms with Gasteiger partial charge in [0.2, 0.25) is 0 Å². The second-order valence-corrected chi connectivity index (χ2v) is 8.30. The van der Waals surface area contributed by atoms with Crippen molar-refractivity contribution in [3.63, 3.8) is 0 Å². The Labute approximate surface area is 181 Å². The molecule has 0 radical (unpaired) electrons. The Hall–Kier alpha value is -2.38. The number of aromatic nitrogens is 2. The number of rotatable bonds is 5. The molecule has 1 fully saturated rings. The van der Waals surface area contributed by atoms with Gasteiger partial charge in [0.1, 0.15) is 5.69 Å². The van der Waals surface area contributed by atoms with Gasteiger partial charge in [0.05, 0.1) is 41.2 Å². The van der Waals surface area contributed by atoms with Crippen molar-refractivity contribution in [3.05, 3.63) is 52.1 Å². The summed E-state index contributed by atoms with van der Waals surface area (Å²) >= 11 is 6.29. The van der Waals surface area contributed by atoms with E-state index in [9.17, 15) is 9.59 Å². The third kappa shape index (κ3) is 3.84. The van der Waals surface area contributed by atoms with Crippen LogP contribution < -0.4 is 5.32 Å². The number of pyridine rings is 1. The molecule has 7 nitrogen and oxygen atoms in total. The van der Waals surface area contributed by atoms with Gasteiger partial charge in [0, 0.05) is 25.3 Å². The first-order valence-electron chi connectivity index (χ1n) is 10.5. The van der Waals surface area contributed by atoms with Crippen molar-refractivity contribution < 1.29 is 14.3 Å². The summed E-state index contributed by atoms with van der Waals surface area (Å²) in [5.74, 6) is -0.256. The fourth-order valence-corrected chi connectivity index (χ4v) is 4.59. The van der Waals surface area contributed by atoms with Crippen molar-refractivity contribution in [2.45, 2.75) is 58.3 Å². The second-order valence-electron chi connectivity index (χ2n) is 7.89. The van der Waals surface area contributed by atoms with Gasteiger partial charge in [0.25, 0.3) is 11.8 Å². The number of carbonyl (C=O) groups is 2. The topological polar surface area (TPSA) is 76.5 Å². The van der Waals surface area contributed by atoms with Crippen LogP contribution in [0.2, 0.25) is 5.02 Å². The normalized spacial score (nSPS) is 19.4. The number of halogens is 1. The van der Waals surface area contributed by atoms with E-state index in [2.05, 4.69) is 17.2 Å². The molecule has 160 valence electrons. The summed E-state index contributed by atoms with van der Waals surface area (Å²) in [6, 6.07) is 5.15. The number of likely N-dealkylation sites (tertiary alicyclic amines) is 1. The molecule has 2 aromatic heterocycles. The molecule has 8 heteroatoms. The molecule has 30 heavy (non-hydrogen) atoms. The van der Waals surface area contributed by atoms with Crippen molar-refractivity contribution in [1.82, 2.24) is 19.8 Å². The molecule has 1 saturated heterocycles. The Morgan fingerprint density at radius 3 is 2.93 bits per heavy atom. The summed E-state index contributed by atoms with van der Waals surface area (Å²) in [6.07, 6.45) is 4.34. The number of nitrogens with one attached hydrogen (secondary N) is 1. The molecule has 2 atom stereocenters. The first-order chi connectivity index (χ1) is 14.5. The Morgan fingerprint density at radius 2 is 2.23 bits per heavy atom. The van der Waals surface area contributed by atoms with E-state index in [-0.39, 0.29) is 23.9 Å². The highest BCUT2D eigenvalue weighted by molar-refractivity contribution is 6.31. The number of hydrogen-bond donors (Lipinski definition) is 1. The molecular weight excluding hydrogens is 404 g/mol. The van der Waals surface area contributed by atoms with Gasteiger partial charge in [-0.25, -0.2) is 0 Å². The SMILES string of the molecule is CC[C@@H](NC(=O)c1cc(C(=O)N2CCCC2C)n2c1COCC2)c1ncccc1Cl. The molecule has 0 aliphatic carbocycles. The maximum absolute atomic E-state index is 13.2. The third-order valence-corrected chi connectivity index (χ3v) is 6.33. The lowest BCUT2D eigenvalue weighted by atomic mass is 10.1. The van der Waals surface area contributed by atoms with E-state index >= 15 is 0 Å². The van der Waals surface area contributed by atoms with Crippen molar-refractivity contribution in [2.75, 3.05) is 13.2 Å². The number of nitrogens with zero attached hydrogens (tertiary/aromatic N) is 3. The average Bonchev–Trinajstić information content (AvgIpc) is 3.36. The molecule has 2 aliphatic rings. The standard InChI is InChI=1S/C22H27ClN4O3/c1-3-17(20-16(23)7-4-8-24-20)25-21(28)15-12-18(27-10-11-30-13-19(15)27)22(29)26-9-5-6-14(26)2/h4,7-8,12,14,17H,3,5-6,9-11,13H2,1-2H3,(H,25,28)/t14?,17-/m1/s1. The zero-order chi connectivity index (χ0) is 21.3. The number of ether oxygens (including phenoxy) is 1. The minimum absolute atomic E-state index is 0.0120. The average molecular weight is 431 g/mol. The van der Waals surface area contributed by atoms with E-state index in [1.54, 1.807) is 24.4 Å². The molecular formula is C22H27ClN4O3. The van der Waals surface area contributed by atoms with E-state index in [0.717, 1.165) is 25.1 Å². The van der Waals surface area contributed by atoms with Crippen LogP contribution in [-0.4, -0.2) is 45.5 Å². The lowest BCUT2D eigenvalue weighted by Gasteiger charge is -2.24. The van der Waals surface area contributed by atoms with Crippen LogP contribution in [0.25, 0.3) is 0 Å². The lowest BCUT2D eigenvalue weighted by Crippen LogP contribution is -2.35. The Kier molecular flexibility index (Phi) is 6.11. The molecule has 2 aliphatic heterocycles. The van der Waals surface area contributed by atoms with Gasteiger partial charge in [-0.3, -0.25) is 14.6 Å². The third-order valence-electron chi connectivity index (χ3n) is 6.01. The minimum Gasteiger partial charge on any atom is -0.373 e. The summed E-state index contributed by atoms with van der Waals surface area (Å²) in [4.78, 5) is 32.7. The predicted molar refractivity (Wildman–Crippen MR) is 114 cm³/mol. The van der Waals surface area contributed by atoms with Gasteiger partial charge < -0.3 is 19.5 Å². The highest BCUT2D eigenvalue weighted by Gasteiger charge is 2.32. The van der Waals surface area contributed by atoms with Crippen LogP contribution in [0.3, 0.4) is 0 Å². The van der Waals surface area contributed by atoms with Gasteiger partial charge in [-0.1, -0.05) is 18.5 Å². The Morgan fingerprint density at radius 1 is 1.40 bits per heavy atom. The molecule has 4 rings (SSSR count). The highest BCUT2D eigenvalue weighted by atomic mass is 35.5. The molecule has 1 N–H and O–H groups in total. The zero-order valence-corrected chi connectivity index (χ0v) is 18.1. The molecule has 4 heterocycles. The van der Waals surface area contributed by atoms with E-state index in [1.807, 2.05) is 16.4 Å². The summed E-state index contributed by atoms with van der Waals surface area (Å²) < 4.78 is 7.55. The summed E-state index contributed by atoms with van der Waals surface area (Å²) in [6.45, 7) is 6.21. The monoisotopic (exact) mass is 430 g/mol. The van der Waals surface area contributed by atoms with Crippen LogP contribution in [0.1, 0.15) is 71.4 Å². The number of amides is 2. The van der Waals surface area contributed by atoms with E-state index in [1.165, 1.54) is 0 Å². The maximum atomic E-state index is 13.2. The molecule has 0 aromatic carbocycles. The minimum atomic E-state index is -0.316. The summed E-state index contributed by atoms with van der Waals surface area (Å²) in [7, 11) is 0. The molecule has 1 unspecified atom stereocenters. The number of hydrogen-bond acceptors (Lipinski definition) is 4. The molecule has 2 aromatic rings. The van der Waals surface area contributed by atoms with Gasteiger partial charge in [0.15, 0.2) is 0 Å². The number of fused-ring (bicyclic) bond motifs is 1. The van der Waals surface area contributed by atoms with Crippen molar-refractivity contribution in [1.29, 1.82) is 0 Å². The largest absolute Gasteiger partial charge is 0.373 e. The highest BCUT2D eigenvalue weighted by Crippen LogP contribution is 2.27. The summed E-state index contributed by atoms with van der Waals surface area (Å²) in [5.41, 5.74) is 2.43. The Balaban J connectivity index is 1.63. The number of carbonyl (C=O) groups excluding carboxylic acids is 2. The predicted octanol–water partition coefficient (Wildman–Crippen LogP) is 3.57. The molecule has 0 saturated carbocycles. The summed E-state index contributed by atoms with van der Waals surface area (Å²) in [5, 5.41) is 3.56. The van der Waals surface area contributed by atoms with Crippen molar-refractivity contribution >= 4 is 23.4 Å². The zero-order valence-electron chi connectivity index (χ0n) is 17.4. The van der Waals surface area contributed by atoms with Gasteiger partial charge >= 0.3 is 0 Å². The van der Waals surface area contributed by atoms with Crippen LogP contribution in [0.4, 0.5) is 0 Å². The van der Waals surface area contributed by atoms with Crippen molar-refractivity contribution in [3.8, 4) is 0 Å². The van der Waals surface area contributed by atoms with Gasteiger partial charge in [-0.05, 0) is 44.4 Å². The van der Waals surface area contributed by atoms with Gasteiger partial charge in [-0.15, -0.1) is 0 Å². The lowest BCUT2D eigenvalue weighted by molar-refractivity contribution is 0.0683. The van der Waals surface area contributed by atoms with E-state index < -0.39 is 0 Å². The van der Waals surface area contributed by atoms with E-state index in [0.29, 0.717) is 48.2 Å². The van der Waals surface area contributed by atoms with Gasteiger partial charge in [-0.2, -0.15) is 0 Å². The van der Waals surface area contributed by atoms with Crippen LogP contribution in [0, 0.1) is 0 Å². The molecule has 2 amide bonds. The quantitative estimate of drug-likeness (QED) is 0.786. The van der Waals surface area contributed by atoms with E-state index in [4.69, 9.17) is 16.3 Å². The molecule has 0 bridgehead atoms. The maximum Gasteiger partial charge on any atom is 0.270 e. The van der Waals surface area contributed by atoms with Crippen LogP contribution in [0.15, 0.2) is 24.4 Å². The first kappa shape index (κ1) is 20.9. The molecule has 0 spiro atoms.